The topological polar surface area (TPSA) is 71.5 Å². The molecule has 7 heteroatoms. The average Bonchev–Trinajstić information content (AvgIpc) is 3.31. The van der Waals surface area contributed by atoms with Crippen LogP contribution in [0.2, 0.25) is 0 Å². The van der Waals surface area contributed by atoms with Gasteiger partial charge in [-0.25, -0.2) is 4.98 Å². The lowest BCUT2D eigenvalue weighted by molar-refractivity contribution is -0.129. The van der Waals surface area contributed by atoms with E-state index in [0.29, 0.717) is 17.9 Å². The molecular formula is C17H19N3O3S. The summed E-state index contributed by atoms with van der Waals surface area (Å²) < 4.78 is 5.64. The van der Waals surface area contributed by atoms with E-state index in [1.54, 1.807) is 34.7 Å². The Morgan fingerprint density at radius 2 is 2.12 bits per heavy atom. The van der Waals surface area contributed by atoms with Crippen molar-refractivity contribution in [2.24, 2.45) is 0 Å². The second kappa shape index (κ2) is 7.92. The highest BCUT2D eigenvalue weighted by Gasteiger charge is 2.18. The molecule has 0 aliphatic carbocycles. The first kappa shape index (κ1) is 16.4. The number of nitrogens with zero attached hydrogens (tertiary/aromatic N) is 2. The summed E-state index contributed by atoms with van der Waals surface area (Å²) in [6.07, 6.45) is 2.08. The molecule has 0 spiro atoms. The summed E-state index contributed by atoms with van der Waals surface area (Å²) in [4.78, 5) is 30.1. The van der Waals surface area contributed by atoms with Crippen molar-refractivity contribution in [3.63, 3.8) is 0 Å². The third-order valence-corrected chi connectivity index (χ3v) is 4.46. The number of benzene rings is 1. The zero-order valence-corrected chi connectivity index (χ0v) is 14.1. The van der Waals surface area contributed by atoms with Crippen LogP contribution >= 0.6 is 11.3 Å². The molecule has 0 bridgehead atoms. The Labute approximate surface area is 144 Å². The Kier molecular flexibility index (Phi) is 5.43. The molecule has 0 unspecified atom stereocenters. The first-order chi connectivity index (χ1) is 11.7. The zero-order valence-electron chi connectivity index (χ0n) is 13.2. The molecule has 0 radical (unpaired) electrons. The van der Waals surface area contributed by atoms with Gasteiger partial charge in [-0.1, -0.05) is 6.07 Å². The van der Waals surface area contributed by atoms with Crippen molar-refractivity contribution in [2.45, 2.75) is 19.4 Å². The predicted molar refractivity (Wildman–Crippen MR) is 91.0 cm³/mol. The van der Waals surface area contributed by atoms with E-state index in [4.69, 9.17) is 4.74 Å². The van der Waals surface area contributed by atoms with Crippen molar-refractivity contribution in [3.8, 4) is 5.75 Å². The number of aromatic nitrogens is 1. The smallest absolute Gasteiger partial charge is 0.251 e. The van der Waals surface area contributed by atoms with Crippen molar-refractivity contribution in [3.05, 3.63) is 46.4 Å². The molecule has 2 aromatic rings. The largest absolute Gasteiger partial charge is 0.487 e. The zero-order chi connectivity index (χ0) is 16.8. The number of rotatable bonds is 6. The maximum atomic E-state index is 12.2. The minimum Gasteiger partial charge on any atom is -0.487 e. The minimum atomic E-state index is -0.276. The molecule has 1 aliphatic rings. The Morgan fingerprint density at radius 3 is 2.88 bits per heavy atom. The fourth-order valence-electron chi connectivity index (χ4n) is 2.53. The maximum Gasteiger partial charge on any atom is 0.251 e. The van der Waals surface area contributed by atoms with E-state index in [-0.39, 0.29) is 18.4 Å². The number of likely N-dealkylation sites (tertiary alicyclic amines) is 1. The molecule has 6 nitrogen and oxygen atoms in total. The molecule has 2 amide bonds. The van der Waals surface area contributed by atoms with E-state index < -0.39 is 0 Å². The molecule has 1 aromatic carbocycles. The number of ether oxygens (including phenoxy) is 1. The van der Waals surface area contributed by atoms with Gasteiger partial charge in [0.1, 0.15) is 12.4 Å². The lowest BCUT2D eigenvalue weighted by Crippen LogP contribution is -2.38. The molecule has 0 atom stereocenters. The lowest BCUT2D eigenvalue weighted by atomic mass is 10.2. The van der Waals surface area contributed by atoms with Gasteiger partial charge in [0, 0.05) is 24.0 Å². The van der Waals surface area contributed by atoms with Gasteiger partial charge in [-0.2, -0.15) is 0 Å². The van der Waals surface area contributed by atoms with Crippen LogP contribution in [0.4, 0.5) is 0 Å². The molecule has 1 fully saturated rings. The van der Waals surface area contributed by atoms with Gasteiger partial charge in [-0.05, 0) is 31.0 Å². The fourth-order valence-corrected chi connectivity index (χ4v) is 3.07. The molecule has 2 heterocycles. The molecule has 1 N–H and O–H groups in total. The molecule has 24 heavy (non-hydrogen) atoms. The van der Waals surface area contributed by atoms with Gasteiger partial charge in [0.15, 0.2) is 0 Å². The van der Waals surface area contributed by atoms with Crippen LogP contribution in [0.15, 0.2) is 35.2 Å². The second-order valence-corrected chi connectivity index (χ2v) is 6.29. The van der Waals surface area contributed by atoms with Crippen molar-refractivity contribution >= 4 is 23.2 Å². The summed E-state index contributed by atoms with van der Waals surface area (Å²) in [7, 11) is 0. The number of hydrogen-bond acceptors (Lipinski definition) is 5. The minimum absolute atomic E-state index is 0.0305. The van der Waals surface area contributed by atoms with Crippen LogP contribution in [0, 0.1) is 0 Å². The summed E-state index contributed by atoms with van der Waals surface area (Å²) in [5.41, 5.74) is 3.08. The van der Waals surface area contributed by atoms with E-state index in [1.165, 1.54) is 11.3 Å². The van der Waals surface area contributed by atoms with Crippen LogP contribution in [0.3, 0.4) is 0 Å². The van der Waals surface area contributed by atoms with Gasteiger partial charge in [-0.3, -0.25) is 9.59 Å². The van der Waals surface area contributed by atoms with E-state index in [2.05, 4.69) is 10.3 Å². The number of nitrogens with one attached hydrogen (secondary N) is 1. The van der Waals surface area contributed by atoms with Crippen LogP contribution in [0.5, 0.6) is 5.75 Å². The van der Waals surface area contributed by atoms with Crippen LogP contribution in [0.25, 0.3) is 0 Å². The van der Waals surface area contributed by atoms with Crippen molar-refractivity contribution in [2.75, 3.05) is 19.6 Å². The Morgan fingerprint density at radius 1 is 1.29 bits per heavy atom. The third-order valence-electron chi connectivity index (χ3n) is 3.83. The predicted octanol–water partition coefficient (Wildman–Crippen LogP) is 2.07. The normalized spacial score (nSPS) is 13.8. The van der Waals surface area contributed by atoms with E-state index in [1.807, 2.05) is 5.38 Å². The summed E-state index contributed by atoms with van der Waals surface area (Å²) in [6, 6.07) is 6.92. The Hall–Kier alpha value is -2.41. The molecule has 1 aliphatic heterocycles. The molecule has 0 saturated carbocycles. The van der Waals surface area contributed by atoms with E-state index in [9.17, 15) is 9.59 Å². The summed E-state index contributed by atoms with van der Waals surface area (Å²) in [6.45, 7) is 1.97. The third kappa shape index (κ3) is 4.32. The number of hydrogen-bond donors (Lipinski definition) is 1. The summed E-state index contributed by atoms with van der Waals surface area (Å²) in [5, 5.41) is 4.59. The second-order valence-electron chi connectivity index (χ2n) is 5.57. The maximum absolute atomic E-state index is 12.2. The molecular weight excluding hydrogens is 326 g/mol. The molecule has 126 valence electrons. The van der Waals surface area contributed by atoms with Gasteiger partial charge in [0.2, 0.25) is 5.91 Å². The highest BCUT2D eigenvalue weighted by atomic mass is 32.1. The lowest BCUT2D eigenvalue weighted by Gasteiger charge is -2.15. The van der Waals surface area contributed by atoms with Crippen LogP contribution in [0.1, 0.15) is 28.9 Å². The van der Waals surface area contributed by atoms with Crippen LogP contribution < -0.4 is 10.1 Å². The first-order valence-corrected chi connectivity index (χ1v) is 8.82. The van der Waals surface area contributed by atoms with Crippen LogP contribution in [-0.2, 0) is 11.4 Å². The number of carbonyl (C=O) groups excluding carboxylic acids is 2. The molecule has 1 aromatic heterocycles. The van der Waals surface area contributed by atoms with Gasteiger partial charge in [0.05, 0.1) is 17.7 Å². The average molecular weight is 345 g/mol. The first-order valence-electron chi connectivity index (χ1n) is 7.88. The van der Waals surface area contributed by atoms with Gasteiger partial charge < -0.3 is 15.0 Å². The molecule has 1 saturated heterocycles. The SMILES string of the molecule is O=C(NCC(=O)N1CCCC1)c1cccc(OCc2cscn2)c1. The van der Waals surface area contributed by atoms with Crippen molar-refractivity contribution in [1.29, 1.82) is 0 Å². The Bertz CT molecular complexity index is 697. The van der Waals surface area contributed by atoms with E-state index >= 15 is 0 Å². The Balaban J connectivity index is 1.52. The summed E-state index contributed by atoms with van der Waals surface area (Å²) in [5.74, 6) is 0.292. The molecule has 3 rings (SSSR count). The highest BCUT2D eigenvalue weighted by molar-refractivity contribution is 7.07. The number of carbonyl (C=O) groups is 2. The van der Waals surface area contributed by atoms with Crippen molar-refractivity contribution < 1.29 is 14.3 Å². The van der Waals surface area contributed by atoms with E-state index in [0.717, 1.165) is 31.6 Å². The van der Waals surface area contributed by atoms with Crippen molar-refractivity contribution in [1.82, 2.24) is 15.2 Å². The van der Waals surface area contributed by atoms with Gasteiger partial charge in [-0.15, -0.1) is 11.3 Å². The van der Waals surface area contributed by atoms with Gasteiger partial charge >= 0.3 is 0 Å². The van der Waals surface area contributed by atoms with Crippen LogP contribution in [-0.4, -0.2) is 41.3 Å². The highest BCUT2D eigenvalue weighted by Crippen LogP contribution is 2.15. The standard InChI is InChI=1S/C17H19N3O3S/c21-16(20-6-1-2-7-20)9-18-17(22)13-4-3-5-15(8-13)23-10-14-11-24-12-19-14/h3-5,8,11-12H,1-2,6-7,9-10H2,(H,18,22). The number of thiazole rings is 1. The number of amides is 2. The quantitative estimate of drug-likeness (QED) is 0.870. The fraction of sp³-hybridized carbons (Fsp3) is 0.353. The monoisotopic (exact) mass is 345 g/mol. The van der Waals surface area contributed by atoms with Gasteiger partial charge in [0.25, 0.3) is 5.91 Å². The summed E-state index contributed by atoms with van der Waals surface area (Å²) >= 11 is 1.51.